The third-order valence-electron chi connectivity index (χ3n) is 1.19. The lowest BCUT2D eigenvalue weighted by Crippen LogP contribution is -2.35. The summed E-state index contributed by atoms with van der Waals surface area (Å²) >= 11 is 14.2. The zero-order valence-electron chi connectivity index (χ0n) is 7.76. The van der Waals surface area contributed by atoms with E-state index < -0.39 is 9.76 Å². The lowest BCUT2D eigenvalue weighted by Gasteiger charge is -2.09. The summed E-state index contributed by atoms with van der Waals surface area (Å²) in [7, 11) is 0. The third-order valence-corrected chi connectivity index (χ3v) is 1.66. The summed E-state index contributed by atoms with van der Waals surface area (Å²) < 4.78 is -2.28. The number of aryl methyl sites for hydroxylation is 1. The smallest absolute Gasteiger partial charge is 0.270 e. The first-order valence-corrected chi connectivity index (χ1v) is 4.89. The Morgan fingerprint density at radius 3 is 2.13 bits per heavy atom. The number of hydrogen-bond donors (Lipinski definition) is 1. The Hall–Kier alpha value is -0.710. The molecule has 0 aliphatic carbocycles. The van der Waals surface area contributed by atoms with Crippen molar-refractivity contribution in [1.82, 2.24) is 0 Å². The van der Waals surface area contributed by atoms with Crippen LogP contribution in [0.2, 0.25) is 0 Å². The normalized spacial score (nSPS) is 10.1. The fraction of sp³-hybridized carbons (Fsp3) is 0.250. The van der Waals surface area contributed by atoms with Gasteiger partial charge in [0, 0.05) is 6.07 Å². The molecule has 4 nitrogen and oxygen atoms in total. The maximum absolute atomic E-state index is 9.51. The second-order valence-corrected chi connectivity index (χ2v) is 4.86. The van der Waals surface area contributed by atoms with Crippen molar-refractivity contribution in [1.29, 1.82) is 0 Å². The van der Waals surface area contributed by atoms with Gasteiger partial charge in [0.2, 0.25) is 3.79 Å². The number of halogens is 3. The summed E-state index contributed by atoms with van der Waals surface area (Å²) in [6.07, 6.45) is 0. The number of nitrogens with two attached hydrogens (primary N) is 1. The van der Waals surface area contributed by atoms with Gasteiger partial charge in [0.25, 0.3) is 5.82 Å². The Bertz CT molecular complexity index is 322. The monoisotopic (exact) mass is 270 g/mol. The second kappa shape index (κ2) is 6.00. The van der Waals surface area contributed by atoms with Crippen LogP contribution in [0.15, 0.2) is 18.2 Å². The van der Waals surface area contributed by atoms with E-state index in [1.54, 1.807) is 0 Å². The van der Waals surface area contributed by atoms with Crippen LogP contribution in [0.3, 0.4) is 0 Å². The number of rotatable bonds is 0. The van der Waals surface area contributed by atoms with Gasteiger partial charge in [0.1, 0.15) is 0 Å². The molecule has 1 heterocycles. The number of carbonyl (C=O) groups is 1. The molecule has 0 unspecified atom stereocenters. The third kappa shape index (κ3) is 7.25. The highest BCUT2D eigenvalue weighted by Gasteiger charge is 2.20. The second-order valence-electron chi connectivity index (χ2n) is 2.57. The summed E-state index contributed by atoms with van der Waals surface area (Å²) in [5, 5.41) is 9.51. The topological polar surface area (TPSA) is 80.3 Å². The Morgan fingerprint density at radius 1 is 1.47 bits per heavy atom. The number of hydrogen-bond acceptors (Lipinski definition) is 3. The largest absolute Gasteiger partial charge is 0.545 e. The molecule has 0 saturated heterocycles. The van der Waals surface area contributed by atoms with E-state index in [4.69, 9.17) is 40.5 Å². The minimum atomic E-state index is -2.28. The fourth-order valence-corrected chi connectivity index (χ4v) is 0.607. The van der Waals surface area contributed by atoms with Crippen LogP contribution in [0.25, 0.3) is 0 Å². The minimum Gasteiger partial charge on any atom is -0.545 e. The standard InChI is InChI=1S/C6H8N2.C2HCl3O2/c1-5-3-2-4-6(7)8-5;3-2(4,5)1(6)7/h2-4H,1H3,(H2,7,8);(H,6,7). The van der Waals surface area contributed by atoms with Crippen molar-refractivity contribution >= 4 is 46.6 Å². The molecule has 0 saturated carbocycles. The molecule has 15 heavy (non-hydrogen) atoms. The van der Waals surface area contributed by atoms with E-state index in [1.165, 1.54) is 0 Å². The summed E-state index contributed by atoms with van der Waals surface area (Å²) in [5.41, 5.74) is 6.49. The van der Waals surface area contributed by atoms with Gasteiger partial charge in [-0.25, -0.2) is 4.98 Å². The SMILES string of the molecule is Cc1cccc(N)[nH+]1.O=C([O-])C(Cl)(Cl)Cl. The highest BCUT2D eigenvalue weighted by Crippen LogP contribution is 2.24. The van der Waals surface area contributed by atoms with Crippen molar-refractivity contribution < 1.29 is 14.9 Å². The summed E-state index contributed by atoms with van der Waals surface area (Å²) in [4.78, 5) is 12.5. The van der Waals surface area contributed by atoms with Crippen molar-refractivity contribution in [2.45, 2.75) is 10.7 Å². The van der Waals surface area contributed by atoms with Crippen molar-refractivity contribution in [3.05, 3.63) is 23.9 Å². The first-order valence-electron chi connectivity index (χ1n) is 3.76. The van der Waals surface area contributed by atoms with Gasteiger partial charge in [-0.2, -0.15) is 0 Å². The first-order chi connectivity index (χ1) is 6.73. The van der Waals surface area contributed by atoms with Crippen LogP contribution < -0.4 is 15.8 Å². The number of carboxylic acid groups (broad SMARTS) is 1. The first kappa shape index (κ1) is 14.3. The molecule has 1 aromatic rings. The zero-order valence-corrected chi connectivity index (χ0v) is 10.0. The number of aromatic amines is 1. The molecule has 1 aromatic heterocycles. The molecule has 1 rings (SSSR count). The molecule has 7 heteroatoms. The Labute approximate surface area is 102 Å². The Kier molecular flexibility index (Phi) is 5.72. The van der Waals surface area contributed by atoms with Gasteiger partial charge in [-0.15, -0.1) is 0 Å². The summed E-state index contributed by atoms with van der Waals surface area (Å²) in [5.74, 6) is -0.998. The maximum atomic E-state index is 9.51. The average molecular weight is 272 g/mol. The lowest BCUT2D eigenvalue weighted by molar-refractivity contribution is -0.370. The van der Waals surface area contributed by atoms with Crippen LogP contribution in [-0.2, 0) is 4.79 Å². The van der Waals surface area contributed by atoms with Crippen molar-refractivity contribution in [2.24, 2.45) is 0 Å². The van der Waals surface area contributed by atoms with Crippen molar-refractivity contribution in [3.8, 4) is 0 Å². The van der Waals surface area contributed by atoms with E-state index in [1.807, 2.05) is 25.1 Å². The van der Waals surface area contributed by atoms with Crippen LogP contribution >= 0.6 is 34.8 Å². The molecule has 0 aliphatic rings. The van der Waals surface area contributed by atoms with Gasteiger partial charge in [-0.3, -0.25) is 5.73 Å². The van der Waals surface area contributed by atoms with Crippen LogP contribution in [0.4, 0.5) is 5.82 Å². The van der Waals surface area contributed by atoms with Gasteiger partial charge >= 0.3 is 0 Å². The molecular formula is C8H9Cl3N2O2. The number of alkyl halides is 3. The number of aliphatic carboxylic acids is 1. The van der Waals surface area contributed by atoms with Gasteiger partial charge in [0.05, 0.1) is 11.7 Å². The molecule has 0 aromatic carbocycles. The van der Waals surface area contributed by atoms with Crippen molar-refractivity contribution in [3.63, 3.8) is 0 Å². The fourth-order valence-electron chi connectivity index (χ4n) is 0.607. The van der Waals surface area contributed by atoms with E-state index >= 15 is 0 Å². The molecule has 0 fully saturated rings. The van der Waals surface area contributed by atoms with Crippen LogP contribution in [0.1, 0.15) is 5.69 Å². The molecule has 3 N–H and O–H groups in total. The molecular weight excluding hydrogens is 262 g/mol. The van der Waals surface area contributed by atoms with E-state index in [9.17, 15) is 9.90 Å². The van der Waals surface area contributed by atoms with E-state index in [-0.39, 0.29) is 0 Å². The number of aromatic nitrogens is 1. The molecule has 84 valence electrons. The van der Waals surface area contributed by atoms with Crippen molar-refractivity contribution in [2.75, 3.05) is 5.73 Å². The van der Waals surface area contributed by atoms with Gasteiger partial charge in [-0.05, 0) is 13.0 Å². The van der Waals surface area contributed by atoms with Gasteiger partial charge in [-0.1, -0.05) is 40.9 Å². The number of H-pyrrole nitrogens is 1. The number of anilines is 1. The van der Waals surface area contributed by atoms with Crippen LogP contribution in [-0.4, -0.2) is 9.76 Å². The number of carboxylic acids is 1. The van der Waals surface area contributed by atoms with Gasteiger partial charge in [0.15, 0.2) is 0 Å². The predicted octanol–water partition coefficient (Wildman–Crippen LogP) is 0.498. The summed E-state index contributed by atoms with van der Waals surface area (Å²) in [6, 6.07) is 5.71. The molecule has 0 atom stereocenters. The van der Waals surface area contributed by atoms with E-state index in [0.29, 0.717) is 5.82 Å². The molecule has 0 aliphatic heterocycles. The number of nitrogen functional groups attached to an aromatic ring is 1. The van der Waals surface area contributed by atoms with Crippen LogP contribution in [0, 0.1) is 6.92 Å². The molecule has 0 spiro atoms. The highest BCUT2D eigenvalue weighted by atomic mass is 35.6. The predicted molar refractivity (Wildman–Crippen MR) is 57.4 cm³/mol. The molecule has 0 amide bonds. The molecule has 0 radical (unpaired) electrons. The maximum Gasteiger partial charge on any atom is 0.270 e. The highest BCUT2D eigenvalue weighted by molar-refractivity contribution is 6.75. The van der Waals surface area contributed by atoms with E-state index in [2.05, 4.69) is 4.98 Å². The number of carbonyl (C=O) groups excluding carboxylic acids is 1. The number of pyridine rings is 1. The number of nitrogens with one attached hydrogen (secondary N) is 1. The van der Waals surface area contributed by atoms with E-state index in [0.717, 1.165) is 5.69 Å². The zero-order chi connectivity index (χ0) is 12.1. The Balaban J connectivity index is 0.000000265. The van der Waals surface area contributed by atoms with Crippen LogP contribution in [0.5, 0.6) is 0 Å². The minimum absolute atomic E-state index is 0.713. The summed E-state index contributed by atoms with van der Waals surface area (Å²) in [6.45, 7) is 1.97. The average Bonchev–Trinajstić information content (AvgIpc) is 2.02. The lowest BCUT2D eigenvalue weighted by atomic mass is 10.4. The quantitative estimate of drug-likeness (QED) is 0.698. The molecule has 0 bridgehead atoms. The van der Waals surface area contributed by atoms with Gasteiger partial charge < -0.3 is 9.90 Å². The Morgan fingerprint density at radius 2 is 1.93 bits per heavy atom.